The standard InChI is InChI=1S/C22H23FN4O3S/c1-13-7-14(9-16(8-13)27-20-25-10-15(23)11-26-20)17-12-24-18(31-17)22(30)5-3-21(2,4-6-22)19(28)29/h7-12,30H,3-6H2,1-2H3,(H,28,29)(H,25,26,27). The number of aromatic nitrogens is 3. The average molecular weight is 443 g/mol. The molecule has 0 spiro atoms. The van der Waals surface area contributed by atoms with Gasteiger partial charge in [0.2, 0.25) is 5.95 Å². The number of hydrogen-bond donors (Lipinski definition) is 3. The van der Waals surface area contributed by atoms with Gasteiger partial charge in [-0.3, -0.25) is 4.79 Å². The van der Waals surface area contributed by atoms with Crippen molar-refractivity contribution in [2.75, 3.05) is 5.32 Å². The highest BCUT2D eigenvalue weighted by Crippen LogP contribution is 2.47. The first kappa shape index (κ1) is 21.3. The van der Waals surface area contributed by atoms with Crippen LogP contribution in [0.2, 0.25) is 0 Å². The van der Waals surface area contributed by atoms with Gasteiger partial charge in [-0.2, -0.15) is 0 Å². The van der Waals surface area contributed by atoms with Crippen LogP contribution in [0.3, 0.4) is 0 Å². The Bertz CT molecular complexity index is 1110. The molecule has 2 aromatic heterocycles. The highest BCUT2D eigenvalue weighted by atomic mass is 32.1. The lowest BCUT2D eigenvalue weighted by atomic mass is 9.70. The molecule has 0 amide bonds. The van der Waals surface area contributed by atoms with Crippen molar-refractivity contribution < 1.29 is 19.4 Å². The van der Waals surface area contributed by atoms with Crippen LogP contribution in [0.4, 0.5) is 16.0 Å². The largest absolute Gasteiger partial charge is 0.481 e. The first-order valence-corrected chi connectivity index (χ1v) is 10.8. The molecule has 0 aliphatic heterocycles. The molecule has 1 aliphatic rings. The summed E-state index contributed by atoms with van der Waals surface area (Å²) >= 11 is 1.41. The molecular formula is C22H23FN4O3S. The SMILES string of the molecule is Cc1cc(Nc2ncc(F)cn2)cc(-c2cnc(C3(O)CCC(C)(C(=O)O)CC3)s2)c1. The number of halogens is 1. The molecule has 4 rings (SSSR count). The molecule has 31 heavy (non-hydrogen) atoms. The zero-order valence-corrected chi connectivity index (χ0v) is 18.0. The maximum atomic E-state index is 13.0. The van der Waals surface area contributed by atoms with Crippen LogP contribution >= 0.6 is 11.3 Å². The maximum Gasteiger partial charge on any atom is 0.309 e. The summed E-state index contributed by atoms with van der Waals surface area (Å²) in [7, 11) is 0. The van der Waals surface area contributed by atoms with Crippen LogP contribution < -0.4 is 5.32 Å². The van der Waals surface area contributed by atoms with Crippen molar-refractivity contribution in [3.8, 4) is 10.4 Å². The number of benzene rings is 1. The van der Waals surface area contributed by atoms with E-state index in [0.717, 1.165) is 34.1 Å². The molecule has 1 fully saturated rings. The molecule has 7 nitrogen and oxygen atoms in total. The van der Waals surface area contributed by atoms with E-state index in [1.807, 2.05) is 25.1 Å². The molecule has 3 aromatic rings. The Balaban J connectivity index is 1.56. The van der Waals surface area contributed by atoms with Gasteiger partial charge in [-0.1, -0.05) is 6.07 Å². The molecule has 0 bridgehead atoms. The second-order valence-corrected chi connectivity index (χ2v) is 9.40. The van der Waals surface area contributed by atoms with E-state index >= 15 is 0 Å². The highest BCUT2D eigenvalue weighted by Gasteiger charge is 2.45. The molecule has 0 saturated heterocycles. The van der Waals surface area contributed by atoms with E-state index in [0.29, 0.717) is 36.6 Å². The number of nitrogens with zero attached hydrogens (tertiary/aromatic N) is 3. The van der Waals surface area contributed by atoms with Gasteiger partial charge in [-0.05, 0) is 62.8 Å². The molecule has 0 unspecified atom stereocenters. The fourth-order valence-electron chi connectivity index (χ4n) is 3.77. The number of anilines is 2. The lowest BCUT2D eigenvalue weighted by molar-refractivity contribution is -0.153. The summed E-state index contributed by atoms with van der Waals surface area (Å²) in [5.74, 6) is -1.03. The Labute approximate surface area is 183 Å². The van der Waals surface area contributed by atoms with Gasteiger partial charge in [0.25, 0.3) is 0 Å². The van der Waals surface area contributed by atoms with Crippen molar-refractivity contribution in [1.82, 2.24) is 15.0 Å². The first-order chi connectivity index (χ1) is 14.7. The van der Waals surface area contributed by atoms with Gasteiger partial charge in [0.1, 0.15) is 10.6 Å². The van der Waals surface area contributed by atoms with Crippen molar-refractivity contribution >= 4 is 28.9 Å². The van der Waals surface area contributed by atoms with Crippen molar-refractivity contribution in [3.63, 3.8) is 0 Å². The van der Waals surface area contributed by atoms with Crippen LogP contribution in [0.1, 0.15) is 43.2 Å². The summed E-state index contributed by atoms with van der Waals surface area (Å²) < 4.78 is 13.0. The minimum Gasteiger partial charge on any atom is -0.481 e. The van der Waals surface area contributed by atoms with E-state index in [9.17, 15) is 19.4 Å². The summed E-state index contributed by atoms with van der Waals surface area (Å²) in [6, 6.07) is 5.86. The van der Waals surface area contributed by atoms with Gasteiger partial charge in [0, 0.05) is 11.9 Å². The Morgan fingerprint density at radius 3 is 2.42 bits per heavy atom. The number of carboxylic acids is 1. The fraction of sp³-hybridized carbons (Fsp3) is 0.364. The van der Waals surface area contributed by atoms with Crippen LogP contribution in [0.5, 0.6) is 0 Å². The molecular weight excluding hydrogens is 419 g/mol. The third kappa shape index (κ3) is 4.42. The predicted molar refractivity (Wildman–Crippen MR) is 116 cm³/mol. The molecule has 9 heteroatoms. The fourth-order valence-corrected chi connectivity index (χ4v) is 4.82. The second kappa shape index (κ2) is 7.97. The number of hydrogen-bond acceptors (Lipinski definition) is 7. The average Bonchev–Trinajstić information content (AvgIpc) is 3.23. The Kier molecular flexibility index (Phi) is 5.49. The second-order valence-electron chi connectivity index (χ2n) is 8.36. The maximum absolute atomic E-state index is 13.0. The van der Waals surface area contributed by atoms with Gasteiger partial charge in [0.05, 0.1) is 22.7 Å². The number of carboxylic acid groups (broad SMARTS) is 1. The van der Waals surface area contributed by atoms with Gasteiger partial charge < -0.3 is 15.5 Å². The Morgan fingerprint density at radius 1 is 1.10 bits per heavy atom. The van der Waals surface area contributed by atoms with E-state index in [1.165, 1.54) is 11.3 Å². The van der Waals surface area contributed by atoms with Crippen molar-refractivity contribution in [1.29, 1.82) is 0 Å². The predicted octanol–water partition coefficient (Wildman–Crippen LogP) is 4.64. The van der Waals surface area contributed by atoms with Crippen molar-refractivity contribution in [3.05, 3.63) is 53.2 Å². The van der Waals surface area contributed by atoms with Crippen LogP contribution in [0.15, 0.2) is 36.8 Å². The van der Waals surface area contributed by atoms with Crippen LogP contribution in [0.25, 0.3) is 10.4 Å². The summed E-state index contributed by atoms with van der Waals surface area (Å²) in [5.41, 5.74) is 0.773. The van der Waals surface area contributed by atoms with E-state index < -0.39 is 22.8 Å². The summed E-state index contributed by atoms with van der Waals surface area (Å²) in [6.07, 6.45) is 5.48. The summed E-state index contributed by atoms with van der Waals surface area (Å²) in [4.78, 5) is 24.7. The number of nitrogens with one attached hydrogen (secondary N) is 1. The van der Waals surface area contributed by atoms with Crippen LogP contribution in [0, 0.1) is 18.2 Å². The minimum atomic E-state index is -1.11. The molecule has 2 heterocycles. The molecule has 1 saturated carbocycles. The van der Waals surface area contributed by atoms with E-state index in [2.05, 4.69) is 20.3 Å². The quantitative estimate of drug-likeness (QED) is 0.528. The summed E-state index contributed by atoms with van der Waals surface area (Å²) in [6.45, 7) is 3.69. The number of thiazole rings is 1. The molecule has 1 aromatic carbocycles. The smallest absolute Gasteiger partial charge is 0.309 e. The van der Waals surface area contributed by atoms with E-state index in [-0.39, 0.29) is 0 Å². The topological polar surface area (TPSA) is 108 Å². The number of aryl methyl sites for hydroxylation is 1. The van der Waals surface area contributed by atoms with Crippen LogP contribution in [-0.2, 0) is 10.4 Å². The highest BCUT2D eigenvalue weighted by molar-refractivity contribution is 7.15. The van der Waals surface area contributed by atoms with Crippen molar-refractivity contribution in [2.45, 2.75) is 45.1 Å². The molecule has 162 valence electrons. The third-order valence-corrected chi connectivity index (χ3v) is 7.08. The number of aliphatic carboxylic acids is 1. The number of carbonyl (C=O) groups is 1. The first-order valence-electron chi connectivity index (χ1n) is 9.96. The van der Waals surface area contributed by atoms with E-state index in [1.54, 1.807) is 13.1 Å². The lowest BCUT2D eigenvalue weighted by Gasteiger charge is -2.38. The Hall–Kier alpha value is -2.91. The lowest BCUT2D eigenvalue weighted by Crippen LogP contribution is -2.39. The number of aliphatic hydroxyl groups is 1. The van der Waals surface area contributed by atoms with Gasteiger partial charge in [-0.25, -0.2) is 19.3 Å². The van der Waals surface area contributed by atoms with Crippen LogP contribution in [-0.4, -0.2) is 31.1 Å². The number of rotatable bonds is 5. The zero-order valence-electron chi connectivity index (χ0n) is 17.2. The third-order valence-electron chi connectivity index (χ3n) is 5.84. The molecule has 1 aliphatic carbocycles. The molecule has 0 radical (unpaired) electrons. The zero-order chi connectivity index (χ0) is 22.2. The van der Waals surface area contributed by atoms with Crippen molar-refractivity contribution in [2.24, 2.45) is 5.41 Å². The molecule has 0 atom stereocenters. The van der Waals surface area contributed by atoms with Gasteiger partial charge in [0.15, 0.2) is 5.82 Å². The van der Waals surface area contributed by atoms with Gasteiger partial charge in [-0.15, -0.1) is 11.3 Å². The van der Waals surface area contributed by atoms with Gasteiger partial charge >= 0.3 is 5.97 Å². The Morgan fingerprint density at radius 2 is 1.77 bits per heavy atom. The van der Waals surface area contributed by atoms with E-state index in [4.69, 9.17) is 0 Å². The monoisotopic (exact) mass is 442 g/mol. The minimum absolute atomic E-state index is 0.293. The summed E-state index contributed by atoms with van der Waals surface area (Å²) in [5, 5.41) is 24.2. The molecule has 3 N–H and O–H groups in total. The normalized spacial score (nSPS) is 23.5.